The molecule has 1 saturated carbocycles. The van der Waals surface area contributed by atoms with Crippen molar-refractivity contribution in [3.63, 3.8) is 0 Å². The fraction of sp³-hybridized carbons (Fsp3) is 0.278. The standard InChI is InChI=1S/C18H17ClN2O/c1-10(18(22)20-13-4-5-13)11-2-6-14-15-9-12(19)3-7-16(15)21-17(14)8-11/h2-3,6-10,13,21H,4-5H2,1H3,(H,20,22). The molecular weight excluding hydrogens is 296 g/mol. The van der Waals surface area contributed by atoms with Gasteiger partial charge in [0.05, 0.1) is 5.92 Å². The lowest BCUT2D eigenvalue weighted by Gasteiger charge is -2.12. The van der Waals surface area contributed by atoms with Crippen LogP contribution in [0.4, 0.5) is 0 Å². The average Bonchev–Trinajstić information content (AvgIpc) is 3.25. The van der Waals surface area contributed by atoms with Crippen LogP contribution < -0.4 is 5.32 Å². The topological polar surface area (TPSA) is 44.9 Å². The van der Waals surface area contributed by atoms with Gasteiger partial charge in [0.2, 0.25) is 5.91 Å². The van der Waals surface area contributed by atoms with Crippen LogP contribution in [0, 0.1) is 0 Å². The zero-order valence-electron chi connectivity index (χ0n) is 12.3. The van der Waals surface area contributed by atoms with E-state index in [2.05, 4.69) is 22.4 Å². The maximum atomic E-state index is 12.2. The quantitative estimate of drug-likeness (QED) is 0.741. The number of fused-ring (bicyclic) bond motifs is 3. The first-order chi connectivity index (χ1) is 10.6. The first-order valence-electron chi connectivity index (χ1n) is 7.63. The molecule has 0 bridgehead atoms. The fourth-order valence-corrected chi connectivity index (χ4v) is 3.04. The van der Waals surface area contributed by atoms with Crippen molar-refractivity contribution in [1.29, 1.82) is 0 Å². The number of rotatable bonds is 3. The van der Waals surface area contributed by atoms with Crippen LogP contribution in [0.25, 0.3) is 21.8 Å². The molecule has 0 radical (unpaired) electrons. The van der Waals surface area contributed by atoms with Crippen LogP contribution >= 0.6 is 11.6 Å². The van der Waals surface area contributed by atoms with Crippen molar-refractivity contribution in [1.82, 2.24) is 10.3 Å². The molecule has 0 aliphatic heterocycles. The van der Waals surface area contributed by atoms with Crippen LogP contribution in [0.2, 0.25) is 5.02 Å². The summed E-state index contributed by atoms with van der Waals surface area (Å²) in [6.45, 7) is 1.96. The number of amides is 1. The van der Waals surface area contributed by atoms with E-state index in [0.29, 0.717) is 6.04 Å². The molecule has 1 heterocycles. The number of nitrogens with one attached hydrogen (secondary N) is 2. The van der Waals surface area contributed by atoms with Crippen molar-refractivity contribution in [3.05, 3.63) is 47.0 Å². The number of carbonyl (C=O) groups excluding carboxylic acids is 1. The Kier molecular flexibility index (Phi) is 3.12. The lowest BCUT2D eigenvalue weighted by atomic mass is 9.98. The summed E-state index contributed by atoms with van der Waals surface area (Å²) in [5.41, 5.74) is 3.13. The highest BCUT2D eigenvalue weighted by atomic mass is 35.5. The molecule has 3 nitrogen and oxygen atoms in total. The van der Waals surface area contributed by atoms with E-state index in [4.69, 9.17) is 11.6 Å². The van der Waals surface area contributed by atoms with Gasteiger partial charge in [0.1, 0.15) is 0 Å². The third-order valence-electron chi connectivity index (χ3n) is 4.40. The van der Waals surface area contributed by atoms with Gasteiger partial charge in [-0.2, -0.15) is 0 Å². The summed E-state index contributed by atoms with van der Waals surface area (Å²) in [6.07, 6.45) is 2.22. The van der Waals surface area contributed by atoms with Gasteiger partial charge < -0.3 is 10.3 Å². The maximum absolute atomic E-state index is 12.2. The lowest BCUT2D eigenvalue weighted by molar-refractivity contribution is -0.122. The predicted molar refractivity (Wildman–Crippen MR) is 90.4 cm³/mol. The van der Waals surface area contributed by atoms with Crippen molar-refractivity contribution >= 4 is 39.3 Å². The van der Waals surface area contributed by atoms with Crippen LogP contribution in [0.5, 0.6) is 0 Å². The molecule has 1 aliphatic carbocycles. The van der Waals surface area contributed by atoms with E-state index in [1.807, 2.05) is 31.2 Å². The highest BCUT2D eigenvalue weighted by Gasteiger charge is 2.26. The van der Waals surface area contributed by atoms with Crippen LogP contribution in [-0.2, 0) is 4.79 Å². The van der Waals surface area contributed by atoms with Crippen LogP contribution in [-0.4, -0.2) is 16.9 Å². The van der Waals surface area contributed by atoms with Gasteiger partial charge in [-0.1, -0.05) is 23.7 Å². The maximum Gasteiger partial charge on any atom is 0.227 e. The molecular formula is C18H17ClN2O. The first-order valence-corrected chi connectivity index (χ1v) is 8.01. The summed E-state index contributed by atoms with van der Waals surface area (Å²) in [5.74, 6) is -0.0268. The molecule has 1 amide bonds. The summed E-state index contributed by atoms with van der Waals surface area (Å²) in [7, 11) is 0. The van der Waals surface area contributed by atoms with Gasteiger partial charge in [-0.25, -0.2) is 0 Å². The van der Waals surface area contributed by atoms with E-state index < -0.39 is 0 Å². The molecule has 4 heteroatoms. The Bertz CT molecular complexity index is 879. The Morgan fingerprint density at radius 2 is 2.00 bits per heavy atom. The molecule has 1 atom stereocenters. The van der Waals surface area contributed by atoms with E-state index in [9.17, 15) is 4.79 Å². The van der Waals surface area contributed by atoms with E-state index in [-0.39, 0.29) is 11.8 Å². The summed E-state index contributed by atoms with van der Waals surface area (Å²) < 4.78 is 0. The normalized spacial score (nSPS) is 16.1. The smallest absolute Gasteiger partial charge is 0.227 e. The van der Waals surface area contributed by atoms with Crippen LogP contribution in [0.3, 0.4) is 0 Å². The van der Waals surface area contributed by atoms with Gasteiger partial charge in [0.25, 0.3) is 0 Å². The molecule has 0 spiro atoms. The van der Waals surface area contributed by atoms with E-state index in [1.54, 1.807) is 0 Å². The number of aromatic amines is 1. The Morgan fingerprint density at radius 3 is 2.77 bits per heavy atom. The number of aromatic nitrogens is 1. The molecule has 2 N–H and O–H groups in total. The molecule has 1 fully saturated rings. The summed E-state index contributed by atoms with van der Waals surface area (Å²) in [5, 5.41) is 6.05. The minimum Gasteiger partial charge on any atom is -0.355 e. The number of carbonyl (C=O) groups is 1. The fourth-order valence-electron chi connectivity index (χ4n) is 2.87. The van der Waals surface area contributed by atoms with E-state index >= 15 is 0 Å². The van der Waals surface area contributed by atoms with E-state index in [0.717, 1.165) is 45.2 Å². The zero-order chi connectivity index (χ0) is 15.3. The monoisotopic (exact) mass is 312 g/mol. The van der Waals surface area contributed by atoms with Crippen molar-refractivity contribution in [2.24, 2.45) is 0 Å². The molecule has 2 aromatic carbocycles. The Labute approximate surface area is 133 Å². The second-order valence-electron chi connectivity index (χ2n) is 6.12. The highest BCUT2D eigenvalue weighted by molar-refractivity contribution is 6.31. The van der Waals surface area contributed by atoms with Gasteiger partial charge in [-0.05, 0) is 49.6 Å². The number of benzene rings is 2. The molecule has 3 aromatic rings. The SMILES string of the molecule is CC(C(=O)NC1CC1)c1ccc2c(c1)[nH]c1ccc(Cl)cc12. The summed E-state index contributed by atoms with van der Waals surface area (Å²) in [4.78, 5) is 15.6. The molecule has 0 saturated heterocycles. The molecule has 4 rings (SSSR count). The van der Waals surface area contributed by atoms with Crippen molar-refractivity contribution < 1.29 is 4.79 Å². The van der Waals surface area contributed by atoms with Crippen molar-refractivity contribution in [3.8, 4) is 0 Å². The molecule has 1 aliphatic rings. The van der Waals surface area contributed by atoms with Gasteiger partial charge in [0.15, 0.2) is 0 Å². The predicted octanol–water partition coefficient (Wildman–Crippen LogP) is 4.36. The van der Waals surface area contributed by atoms with E-state index in [1.165, 1.54) is 0 Å². The highest BCUT2D eigenvalue weighted by Crippen LogP contribution is 2.30. The van der Waals surface area contributed by atoms with Gasteiger partial charge >= 0.3 is 0 Å². The largest absolute Gasteiger partial charge is 0.355 e. The Hall–Kier alpha value is -2.00. The Balaban J connectivity index is 1.73. The summed E-state index contributed by atoms with van der Waals surface area (Å²) in [6, 6.07) is 12.4. The molecule has 22 heavy (non-hydrogen) atoms. The Morgan fingerprint density at radius 1 is 1.18 bits per heavy atom. The second-order valence-corrected chi connectivity index (χ2v) is 6.56. The summed E-state index contributed by atoms with van der Waals surface area (Å²) >= 11 is 6.09. The van der Waals surface area contributed by atoms with Crippen molar-refractivity contribution in [2.75, 3.05) is 0 Å². The molecule has 112 valence electrons. The third-order valence-corrected chi connectivity index (χ3v) is 4.64. The minimum absolute atomic E-state index is 0.112. The number of H-pyrrole nitrogens is 1. The first kappa shape index (κ1) is 13.6. The minimum atomic E-state index is -0.139. The number of hydrogen-bond donors (Lipinski definition) is 2. The third kappa shape index (κ3) is 2.35. The number of halogens is 1. The lowest BCUT2D eigenvalue weighted by Crippen LogP contribution is -2.29. The van der Waals surface area contributed by atoms with Gasteiger partial charge in [0, 0.05) is 32.9 Å². The van der Waals surface area contributed by atoms with Crippen LogP contribution in [0.1, 0.15) is 31.2 Å². The zero-order valence-corrected chi connectivity index (χ0v) is 13.1. The van der Waals surface area contributed by atoms with Crippen LogP contribution in [0.15, 0.2) is 36.4 Å². The number of hydrogen-bond acceptors (Lipinski definition) is 1. The van der Waals surface area contributed by atoms with Gasteiger partial charge in [-0.15, -0.1) is 0 Å². The van der Waals surface area contributed by atoms with Crippen molar-refractivity contribution in [2.45, 2.75) is 31.7 Å². The second kappa shape index (κ2) is 5.03. The van der Waals surface area contributed by atoms with Gasteiger partial charge in [-0.3, -0.25) is 4.79 Å². The molecule has 1 aromatic heterocycles. The average molecular weight is 313 g/mol. The molecule has 1 unspecified atom stereocenters.